The molecule has 1 heterocycles. The molecule has 0 atom stereocenters. The Morgan fingerprint density at radius 3 is 2.60 bits per heavy atom. The number of fused-ring (bicyclic) bond motifs is 1. The van der Waals surface area contributed by atoms with Crippen LogP contribution in [0.2, 0.25) is 0 Å². The SMILES string of the molecule is CC[NH+](CC)CCNS(=O)(=O)CCNC(=O)c1ccc2c(c1)OCO2. The molecular weight excluding hydrogens is 346 g/mol. The van der Waals surface area contributed by atoms with Crippen molar-refractivity contribution < 1.29 is 27.6 Å². The van der Waals surface area contributed by atoms with E-state index in [1.165, 1.54) is 4.90 Å². The molecule has 3 N–H and O–H groups in total. The van der Waals surface area contributed by atoms with Crippen molar-refractivity contribution >= 4 is 15.9 Å². The number of nitrogens with one attached hydrogen (secondary N) is 3. The highest BCUT2D eigenvalue weighted by atomic mass is 32.2. The molecule has 0 spiro atoms. The van der Waals surface area contributed by atoms with Gasteiger partial charge in [0.05, 0.1) is 31.9 Å². The first-order valence-electron chi connectivity index (χ1n) is 8.44. The van der Waals surface area contributed by atoms with Gasteiger partial charge in [0.25, 0.3) is 5.91 Å². The number of carbonyl (C=O) groups is 1. The van der Waals surface area contributed by atoms with Crippen LogP contribution < -0.4 is 24.4 Å². The third kappa shape index (κ3) is 5.87. The Bertz CT molecular complexity index is 689. The number of hydrogen-bond donors (Lipinski definition) is 3. The van der Waals surface area contributed by atoms with E-state index in [0.29, 0.717) is 23.6 Å². The van der Waals surface area contributed by atoms with Crippen molar-refractivity contribution in [1.29, 1.82) is 0 Å². The lowest BCUT2D eigenvalue weighted by molar-refractivity contribution is -0.895. The summed E-state index contributed by atoms with van der Waals surface area (Å²) >= 11 is 0. The topological polar surface area (TPSA) is 98.2 Å². The van der Waals surface area contributed by atoms with E-state index in [0.717, 1.165) is 19.6 Å². The Balaban J connectivity index is 1.74. The third-order valence-electron chi connectivity index (χ3n) is 4.09. The number of benzene rings is 1. The number of sulfonamides is 1. The lowest BCUT2D eigenvalue weighted by Gasteiger charge is -2.15. The number of hydrogen-bond acceptors (Lipinski definition) is 5. The lowest BCUT2D eigenvalue weighted by Crippen LogP contribution is -3.12. The van der Waals surface area contributed by atoms with Crippen molar-refractivity contribution in [2.45, 2.75) is 13.8 Å². The molecule has 0 unspecified atom stereocenters. The Hall–Kier alpha value is -1.84. The van der Waals surface area contributed by atoms with E-state index in [2.05, 4.69) is 23.9 Å². The molecule has 0 aromatic heterocycles. The molecule has 0 radical (unpaired) electrons. The summed E-state index contributed by atoms with van der Waals surface area (Å²) in [5.74, 6) is 0.609. The first kappa shape index (κ1) is 19.5. The summed E-state index contributed by atoms with van der Waals surface area (Å²) in [6.07, 6.45) is 0. The summed E-state index contributed by atoms with van der Waals surface area (Å²) in [5.41, 5.74) is 0.403. The Morgan fingerprint density at radius 1 is 1.16 bits per heavy atom. The van der Waals surface area contributed by atoms with E-state index in [1.54, 1.807) is 18.2 Å². The van der Waals surface area contributed by atoms with Crippen molar-refractivity contribution in [3.05, 3.63) is 23.8 Å². The molecule has 1 aliphatic rings. The average molecular weight is 372 g/mol. The highest BCUT2D eigenvalue weighted by Crippen LogP contribution is 2.32. The van der Waals surface area contributed by atoms with E-state index in [1.807, 2.05) is 0 Å². The zero-order valence-electron chi connectivity index (χ0n) is 14.6. The maximum absolute atomic E-state index is 12.1. The van der Waals surface area contributed by atoms with Gasteiger partial charge in [0.1, 0.15) is 0 Å². The van der Waals surface area contributed by atoms with E-state index in [-0.39, 0.29) is 25.0 Å². The van der Waals surface area contributed by atoms with Crippen LogP contribution in [-0.2, 0) is 10.0 Å². The largest absolute Gasteiger partial charge is 0.454 e. The van der Waals surface area contributed by atoms with Crippen LogP contribution in [0.4, 0.5) is 0 Å². The molecular formula is C16H26N3O5S+. The van der Waals surface area contributed by atoms with Crippen molar-refractivity contribution in [2.75, 3.05) is 45.3 Å². The molecule has 140 valence electrons. The molecule has 8 nitrogen and oxygen atoms in total. The van der Waals surface area contributed by atoms with Crippen molar-refractivity contribution in [3.63, 3.8) is 0 Å². The predicted octanol–water partition coefficient (Wildman–Crippen LogP) is -1.01. The molecule has 2 rings (SSSR count). The van der Waals surface area contributed by atoms with Crippen LogP contribution >= 0.6 is 0 Å². The Kier molecular flexibility index (Phi) is 7.03. The molecule has 9 heteroatoms. The quantitative estimate of drug-likeness (QED) is 0.489. The second kappa shape index (κ2) is 9.02. The maximum atomic E-state index is 12.1. The minimum atomic E-state index is -3.40. The number of ether oxygens (including phenoxy) is 2. The lowest BCUT2D eigenvalue weighted by atomic mass is 10.2. The molecule has 1 aliphatic heterocycles. The number of likely N-dealkylation sites (N-methyl/N-ethyl adjacent to an activating group) is 1. The summed E-state index contributed by atoms with van der Waals surface area (Å²) in [6.45, 7) is 7.39. The van der Waals surface area contributed by atoms with Gasteiger partial charge in [-0.3, -0.25) is 4.79 Å². The minimum Gasteiger partial charge on any atom is -0.454 e. The first-order valence-corrected chi connectivity index (χ1v) is 10.1. The van der Waals surface area contributed by atoms with Gasteiger partial charge in [-0.05, 0) is 32.0 Å². The van der Waals surface area contributed by atoms with Crippen LogP contribution in [0.15, 0.2) is 18.2 Å². The van der Waals surface area contributed by atoms with Gasteiger partial charge in [-0.1, -0.05) is 0 Å². The van der Waals surface area contributed by atoms with E-state index in [9.17, 15) is 13.2 Å². The zero-order valence-corrected chi connectivity index (χ0v) is 15.4. The summed E-state index contributed by atoms with van der Waals surface area (Å²) in [4.78, 5) is 13.4. The fourth-order valence-corrected chi connectivity index (χ4v) is 3.43. The second-order valence-corrected chi connectivity index (χ2v) is 7.67. The van der Waals surface area contributed by atoms with Gasteiger partial charge in [0.2, 0.25) is 16.8 Å². The molecule has 0 saturated heterocycles. The van der Waals surface area contributed by atoms with Crippen LogP contribution in [0, 0.1) is 0 Å². The van der Waals surface area contributed by atoms with Gasteiger partial charge < -0.3 is 19.7 Å². The molecule has 0 fully saturated rings. The summed E-state index contributed by atoms with van der Waals surface area (Å²) in [6, 6.07) is 4.85. The maximum Gasteiger partial charge on any atom is 0.251 e. The summed E-state index contributed by atoms with van der Waals surface area (Å²) in [5, 5.41) is 2.61. The Labute approximate surface area is 148 Å². The van der Waals surface area contributed by atoms with Crippen LogP contribution in [0.5, 0.6) is 11.5 Å². The van der Waals surface area contributed by atoms with Gasteiger partial charge >= 0.3 is 0 Å². The molecule has 1 aromatic rings. The van der Waals surface area contributed by atoms with Crippen LogP contribution in [0.25, 0.3) is 0 Å². The fourth-order valence-electron chi connectivity index (χ4n) is 2.50. The minimum absolute atomic E-state index is 0.0424. The van der Waals surface area contributed by atoms with Crippen molar-refractivity contribution in [1.82, 2.24) is 10.0 Å². The number of quaternary nitrogens is 1. The second-order valence-electron chi connectivity index (χ2n) is 5.74. The van der Waals surface area contributed by atoms with Gasteiger partial charge in [-0.15, -0.1) is 0 Å². The molecule has 1 amide bonds. The molecule has 0 bridgehead atoms. The summed E-state index contributed by atoms with van der Waals surface area (Å²) in [7, 11) is -3.40. The highest BCUT2D eigenvalue weighted by Gasteiger charge is 2.17. The average Bonchev–Trinajstić information content (AvgIpc) is 3.06. The Morgan fingerprint density at radius 2 is 1.88 bits per heavy atom. The molecule has 1 aromatic carbocycles. The van der Waals surface area contributed by atoms with Gasteiger partial charge in [-0.25, -0.2) is 13.1 Å². The van der Waals surface area contributed by atoms with Gasteiger partial charge in [0, 0.05) is 12.1 Å². The van der Waals surface area contributed by atoms with Crippen molar-refractivity contribution in [2.24, 2.45) is 0 Å². The van der Waals surface area contributed by atoms with E-state index in [4.69, 9.17) is 9.47 Å². The van der Waals surface area contributed by atoms with Crippen LogP contribution in [0.1, 0.15) is 24.2 Å². The monoisotopic (exact) mass is 372 g/mol. The third-order valence-corrected chi connectivity index (χ3v) is 5.48. The van der Waals surface area contributed by atoms with Gasteiger partial charge in [-0.2, -0.15) is 0 Å². The fraction of sp³-hybridized carbons (Fsp3) is 0.562. The predicted molar refractivity (Wildman–Crippen MR) is 93.6 cm³/mol. The number of amides is 1. The van der Waals surface area contributed by atoms with E-state index < -0.39 is 10.0 Å². The zero-order chi connectivity index (χ0) is 18.3. The number of carbonyl (C=O) groups excluding carboxylic acids is 1. The van der Waals surface area contributed by atoms with Crippen molar-refractivity contribution in [3.8, 4) is 11.5 Å². The van der Waals surface area contributed by atoms with Crippen LogP contribution in [-0.4, -0.2) is 59.6 Å². The van der Waals surface area contributed by atoms with Gasteiger partial charge in [0.15, 0.2) is 11.5 Å². The smallest absolute Gasteiger partial charge is 0.251 e. The molecule has 0 aliphatic carbocycles. The number of rotatable bonds is 10. The van der Waals surface area contributed by atoms with E-state index >= 15 is 0 Å². The highest BCUT2D eigenvalue weighted by molar-refractivity contribution is 7.89. The first-order chi connectivity index (χ1) is 11.9. The molecule has 25 heavy (non-hydrogen) atoms. The normalized spacial score (nSPS) is 13.2. The standard InChI is InChI=1S/C16H25N3O5S/c1-3-19(4-2)9-7-18-25(21,22)10-8-17-16(20)13-5-6-14-15(11-13)24-12-23-14/h5-6,11,18H,3-4,7-10,12H2,1-2H3,(H,17,20)/p+1. The summed E-state index contributed by atoms with van der Waals surface area (Å²) < 4.78 is 36.9. The van der Waals surface area contributed by atoms with Crippen LogP contribution in [0.3, 0.4) is 0 Å². The molecule has 0 saturated carbocycles.